The molecule has 0 fully saturated rings. The van der Waals surface area contributed by atoms with E-state index >= 15 is 0 Å². The SMILES string of the molecule is Cc1[nH]c(=O)c(C#N)c(C)c1CCC(=O)NCCCO[C@H](C)c1ccccc1. The summed E-state index contributed by atoms with van der Waals surface area (Å²) in [6, 6.07) is 11.9. The number of carbonyl (C=O) groups is 1. The van der Waals surface area contributed by atoms with Crippen LogP contribution in [0.3, 0.4) is 0 Å². The Morgan fingerprint density at radius 2 is 2.00 bits per heavy atom. The molecule has 148 valence electrons. The van der Waals surface area contributed by atoms with Crippen LogP contribution in [0, 0.1) is 25.2 Å². The topological polar surface area (TPSA) is 95.0 Å². The van der Waals surface area contributed by atoms with Crippen molar-refractivity contribution in [2.45, 2.75) is 46.1 Å². The van der Waals surface area contributed by atoms with Crippen LogP contribution in [0.5, 0.6) is 0 Å². The second-order valence-corrected chi connectivity index (χ2v) is 6.80. The van der Waals surface area contributed by atoms with E-state index in [2.05, 4.69) is 10.3 Å². The Balaban J connectivity index is 1.73. The van der Waals surface area contributed by atoms with E-state index in [1.165, 1.54) is 0 Å². The van der Waals surface area contributed by atoms with Crippen LogP contribution in [0.15, 0.2) is 35.1 Å². The zero-order valence-corrected chi connectivity index (χ0v) is 16.7. The van der Waals surface area contributed by atoms with Gasteiger partial charge in [-0.25, -0.2) is 0 Å². The number of pyridine rings is 1. The molecular formula is C22H27N3O3. The standard InChI is InChI=1S/C22H27N3O3/c1-15-19(16(2)25-22(27)20(15)14-23)10-11-21(26)24-12-7-13-28-17(3)18-8-5-4-6-9-18/h4-6,8-9,17H,7,10-13H2,1-3H3,(H,24,26)(H,25,27)/t17-/m1/s1. The highest BCUT2D eigenvalue weighted by Gasteiger charge is 2.13. The van der Waals surface area contributed by atoms with Gasteiger partial charge in [-0.1, -0.05) is 30.3 Å². The van der Waals surface area contributed by atoms with Gasteiger partial charge in [0.2, 0.25) is 5.91 Å². The molecule has 1 aromatic heterocycles. The van der Waals surface area contributed by atoms with E-state index in [0.29, 0.717) is 37.3 Å². The highest BCUT2D eigenvalue weighted by atomic mass is 16.5. The Morgan fingerprint density at radius 1 is 1.29 bits per heavy atom. The van der Waals surface area contributed by atoms with Crippen molar-refractivity contribution in [3.63, 3.8) is 0 Å². The number of benzene rings is 1. The minimum atomic E-state index is -0.379. The van der Waals surface area contributed by atoms with E-state index < -0.39 is 0 Å². The molecule has 0 radical (unpaired) electrons. The van der Waals surface area contributed by atoms with Crippen LogP contribution < -0.4 is 10.9 Å². The summed E-state index contributed by atoms with van der Waals surface area (Å²) in [5.41, 5.74) is 3.08. The van der Waals surface area contributed by atoms with E-state index in [9.17, 15) is 9.59 Å². The lowest BCUT2D eigenvalue weighted by Crippen LogP contribution is -2.26. The number of nitriles is 1. The zero-order chi connectivity index (χ0) is 20.5. The molecule has 2 N–H and O–H groups in total. The van der Waals surface area contributed by atoms with Crippen molar-refractivity contribution in [1.29, 1.82) is 5.26 Å². The van der Waals surface area contributed by atoms with E-state index in [0.717, 1.165) is 17.5 Å². The van der Waals surface area contributed by atoms with Crippen molar-refractivity contribution in [3.05, 3.63) is 68.6 Å². The summed E-state index contributed by atoms with van der Waals surface area (Å²) in [6.07, 6.45) is 1.55. The maximum Gasteiger partial charge on any atom is 0.266 e. The van der Waals surface area contributed by atoms with E-state index in [1.54, 1.807) is 13.8 Å². The first kappa shape index (κ1) is 21.4. The molecular weight excluding hydrogens is 354 g/mol. The Hall–Kier alpha value is -2.91. The third kappa shape index (κ3) is 5.80. The van der Waals surface area contributed by atoms with Crippen LogP contribution in [0.2, 0.25) is 0 Å². The van der Waals surface area contributed by atoms with Gasteiger partial charge in [0.1, 0.15) is 11.6 Å². The van der Waals surface area contributed by atoms with Gasteiger partial charge in [-0.3, -0.25) is 9.59 Å². The lowest BCUT2D eigenvalue weighted by molar-refractivity contribution is -0.121. The first-order valence-electron chi connectivity index (χ1n) is 9.49. The fourth-order valence-corrected chi connectivity index (χ4v) is 3.13. The molecule has 0 saturated carbocycles. The van der Waals surface area contributed by atoms with Crippen molar-refractivity contribution in [1.82, 2.24) is 10.3 Å². The summed E-state index contributed by atoms with van der Waals surface area (Å²) >= 11 is 0. The summed E-state index contributed by atoms with van der Waals surface area (Å²) in [7, 11) is 0. The van der Waals surface area contributed by atoms with Crippen LogP contribution in [0.25, 0.3) is 0 Å². The molecule has 0 spiro atoms. The molecule has 1 amide bonds. The molecule has 0 unspecified atom stereocenters. The summed E-state index contributed by atoms with van der Waals surface area (Å²) in [5.74, 6) is -0.0559. The van der Waals surface area contributed by atoms with Gasteiger partial charge in [-0.2, -0.15) is 5.26 Å². The van der Waals surface area contributed by atoms with Gasteiger partial charge in [0.05, 0.1) is 6.10 Å². The fraction of sp³-hybridized carbons (Fsp3) is 0.409. The van der Waals surface area contributed by atoms with E-state index in [1.807, 2.05) is 43.3 Å². The number of ether oxygens (including phenoxy) is 1. The van der Waals surface area contributed by atoms with E-state index in [4.69, 9.17) is 10.00 Å². The van der Waals surface area contributed by atoms with Crippen LogP contribution in [-0.4, -0.2) is 24.0 Å². The van der Waals surface area contributed by atoms with Gasteiger partial charge in [-0.05, 0) is 50.3 Å². The number of H-pyrrole nitrogens is 1. The second-order valence-electron chi connectivity index (χ2n) is 6.80. The molecule has 0 aliphatic heterocycles. The predicted molar refractivity (Wildman–Crippen MR) is 108 cm³/mol. The summed E-state index contributed by atoms with van der Waals surface area (Å²) in [6.45, 7) is 6.67. The summed E-state index contributed by atoms with van der Waals surface area (Å²) in [5, 5.41) is 12.0. The maximum absolute atomic E-state index is 12.1. The minimum Gasteiger partial charge on any atom is -0.374 e. The van der Waals surface area contributed by atoms with Gasteiger partial charge >= 0.3 is 0 Å². The Labute approximate surface area is 165 Å². The first-order valence-corrected chi connectivity index (χ1v) is 9.49. The molecule has 2 rings (SSSR count). The van der Waals surface area contributed by atoms with Crippen molar-refractivity contribution in [2.24, 2.45) is 0 Å². The van der Waals surface area contributed by atoms with Crippen LogP contribution in [-0.2, 0) is 16.0 Å². The molecule has 28 heavy (non-hydrogen) atoms. The molecule has 2 aromatic rings. The molecule has 0 aliphatic rings. The molecule has 0 saturated heterocycles. The number of hydrogen-bond acceptors (Lipinski definition) is 4. The third-order valence-electron chi connectivity index (χ3n) is 4.80. The fourth-order valence-electron chi connectivity index (χ4n) is 3.13. The number of aromatic amines is 1. The van der Waals surface area contributed by atoms with Gasteiger partial charge in [0, 0.05) is 25.3 Å². The normalized spacial score (nSPS) is 11.6. The molecule has 6 heteroatoms. The number of rotatable bonds is 9. The number of nitrogens with one attached hydrogen (secondary N) is 2. The highest BCUT2D eigenvalue weighted by molar-refractivity contribution is 5.76. The van der Waals surface area contributed by atoms with Crippen molar-refractivity contribution >= 4 is 5.91 Å². The zero-order valence-electron chi connectivity index (χ0n) is 16.7. The Morgan fingerprint density at radius 3 is 2.68 bits per heavy atom. The molecule has 0 aliphatic carbocycles. The molecule has 6 nitrogen and oxygen atoms in total. The van der Waals surface area contributed by atoms with Gasteiger partial charge in [0.15, 0.2) is 0 Å². The molecule has 1 heterocycles. The predicted octanol–water partition coefficient (Wildman–Crippen LogP) is 3.08. The number of carbonyl (C=O) groups excluding carboxylic acids is 1. The number of hydrogen-bond donors (Lipinski definition) is 2. The van der Waals surface area contributed by atoms with Crippen LogP contribution in [0.4, 0.5) is 0 Å². The van der Waals surface area contributed by atoms with Crippen molar-refractivity contribution < 1.29 is 9.53 Å². The molecule has 1 atom stereocenters. The summed E-state index contributed by atoms with van der Waals surface area (Å²) in [4.78, 5) is 26.5. The largest absolute Gasteiger partial charge is 0.374 e. The molecule has 1 aromatic carbocycles. The smallest absolute Gasteiger partial charge is 0.266 e. The quantitative estimate of drug-likeness (QED) is 0.653. The number of nitrogens with zero attached hydrogens (tertiary/aromatic N) is 1. The minimum absolute atomic E-state index is 0.0254. The number of amides is 1. The van der Waals surface area contributed by atoms with Gasteiger partial charge in [-0.15, -0.1) is 0 Å². The Bertz CT molecular complexity index is 898. The maximum atomic E-state index is 12.1. The number of aryl methyl sites for hydroxylation is 1. The van der Waals surface area contributed by atoms with Crippen molar-refractivity contribution in [2.75, 3.05) is 13.2 Å². The average molecular weight is 381 g/mol. The third-order valence-corrected chi connectivity index (χ3v) is 4.80. The van der Waals surface area contributed by atoms with Crippen LogP contribution >= 0.6 is 0 Å². The lowest BCUT2D eigenvalue weighted by atomic mass is 9.99. The second kappa shape index (κ2) is 10.4. The highest BCUT2D eigenvalue weighted by Crippen LogP contribution is 2.16. The first-order chi connectivity index (χ1) is 13.4. The Kier molecular flexibility index (Phi) is 7.97. The summed E-state index contributed by atoms with van der Waals surface area (Å²) < 4.78 is 5.79. The lowest BCUT2D eigenvalue weighted by Gasteiger charge is -2.14. The monoisotopic (exact) mass is 381 g/mol. The molecule has 0 bridgehead atoms. The van der Waals surface area contributed by atoms with Gasteiger partial charge < -0.3 is 15.0 Å². The average Bonchev–Trinajstić information content (AvgIpc) is 2.68. The van der Waals surface area contributed by atoms with Crippen LogP contribution in [0.1, 0.15) is 53.8 Å². The van der Waals surface area contributed by atoms with Crippen molar-refractivity contribution in [3.8, 4) is 6.07 Å². The van der Waals surface area contributed by atoms with E-state index in [-0.39, 0.29) is 23.1 Å². The number of aromatic nitrogens is 1. The van der Waals surface area contributed by atoms with Gasteiger partial charge in [0.25, 0.3) is 5.56 Å².